The molecule has 0 aliphatic rings. The Kier molecular flexibility index (Phi) is 8.34. The van der Waals surface area contributed by atoms with E-state index in [4.69, 9.17) is 90.7 Å². The SMILES string of the molecule is O=C(OCC(Cl)(Cl)Cl)N(C(=O)OCC(Cl)(Cl)Cl)c1ccc(Cl)cc1. The highest BCUT2D eigenvalue weighted by atomic mass is 35.6. The van der Waals surface area contributed by atoms with Crippen molar-refractivity contribution >= 4 is 99.1 Å². The number of carbonyl (C=O) groups is 2. The van der Waals surface area contributed by atoms with Crippen LogP contribution in [-0.2, 0) is 9.47 Å². The minimum Gasteiger partial charge on any atom is -0.444 e. The summed E-state index contributed by atoms with van der Waals surface area (Å²) < 4.78 is 5.81. The lowest BCUT2D eigenvalue weighted by molar-refractivity contribution is 0.136. The van der Waals surface area contributed by atoms with Crippen LogP contribution in [0, 0.1) is 0 Å². The molecule has 0 spiro atoms. The second-order valence-corrected chi connectivity index (χ2v) is 9.62. The van der Waals surface area contributed by atoms with E-state index in [0.29, 0.717) is 9.92 Å². The summed E-state index contributed by atoms with van der Waals surface area (Å²) in [5.41, 5.74) is 0.0861. The van der Waals surface area contributed by atoms with Crippen LogP contribution in [0.4, 0.5) is 15.3 Å². The van der Waals surface area contributed by atoms with E-state index in [2.05, 4.69) is 0 Å². The molecule has 5 nitrogen and oxygen atoms in total. The number of hydrogen-bond acceptors (Lipinski definition) is 4. The molecule has 0 radical (unpaired) electrons. The van der Waals surface area contributed by atoms with Gasteiger partial charge in [0.1, 0.15) is 13.2 Å². The van der Waals surface area contributed by atoms with Crippen LogP contribution in [0.1, 0.15) is 0 Å². The first-order chi connectivity index (χ1) is 10.9. The van der Waals surface area contributed by atoms with Crippen molar-refractivity contribution in [1.29, 1.82) is 0 Å². The average Bonchev–Trinajstić information content (AvgIpc) is 2.44. The van der Waals surface area contributed by atoms with Crippen molar-refractivity contribution in [3.8, 4) is 0 Å². The van der Waals surface area contributed by atoms with E-state index < -0.39 is 33.0 Å². The van der Waals surface area contributed by atoms with Crippen molar-refractivity contribution in [3.63, 3.8) is 0 Å². The maximum Gasteiger partial charge on any atom is 0.424 e. The standard InChI is InChI=1S/C12H8Cl7NO4/c13-7-1-3-8(4-2-7)20(9(21)23-5-11(14,15)16)10(22)24-6-12(17,18)19/h1-4H,5-6H2. The van der Waals surface area contributed by atoms with Gasteiger partial charge >= 0.3 is 12.2 Å². The monoisotopic (exact) mass is 475 g/mol. The molecule has 0 saturated heterocycles. The van der Waals surface area contributed by atoms with Crippen LogP contribution in [-0.4, -0.2) is 33.0 Å². The largest absolute Gasteiger partial charge is 0.444 e. The number of amides is 2. The van der Waals surface area contributed by atoms with E-state index in [1.165, 1.54) is 24.3 Å². The Morgan fingerprint density at radius 2 is 1.21 bits per heavy atom. The van der Waals surface area contributed by atoms with E-state index in [1.54, 1.807) is 0 Å². The fraction of sp³-hybridized carbons (Fsp3) is 0.333. The molecular weight excluding hydrogens is 470 g/mol. The van der Waals surface area contributed by atoms with Crippen molar-refractivity contribution < 1.29 is 19.1 Å². The minimum atomic E-state index is -1.86. The number of alkyl halides is 6. The molecule has 2 amide bonds. The van der Waals surface area contributed by atoms with Crippen LogP contribution in [0.3, 0.4) is 0 Å². The summed E-state index contributed by atoms with van der Waals surface area (Å²) in [6, 6.07) is 5.62. The fourth-order valence-electron chi connectivity index (χ4n) is 1.29. The van der Waals surface area contributed by atoms with E-state index >= 15 is 0 Å². The lowest BCUT2D eigenvalue weighted by atomic mass is 10.3. The molecule has 0 aliphatic heterocycles. The lowest BCUT2D eigenvalue weighted by Crippen LogP contribution is -2.40. The molecule has 0 aliphatic carbocycles. The molecule has 1 rings (SSSR count). The number of carbonyl (C=O) groups excluding carboxylic acids is 2. The molecule has 24 heavy (non-hydrogen) atoms. The Labute approximate surface area is 172 Å². The zero-order valence-corrected chi connectivity index (χ0v) is 16.7. The Morgan fingerprint density at radius 1 is 0.833 bits per heavy atom. The van der Waals surface area contributed by atoms with E-state index in [0.717, 1.165) is 0 Å². The van der Waals surface area contributed by atoms with Gasteiger partial charge in [0.05, 0.1) is 5.69 Å². The number of rotatable bonds is 3. The van der Waals surface area contributed by atoms with Crippen LogP contribution in [0.25, 0.3) is 0 Å². The number of ether oxygens (including phenoxy) is 2. The molecule has 1 aromatic rings. The third kappa shape index (κ3) is 8.39. The van der Waals surface area contributed by atoms with Gasteiger partial charge in [0, 0.05) is 5.02 Å². The van der Waals surface area contributed by atoms with Crippen molar-refractivity contribution in [3.05, 3.63) is 29.3 Å². The predicted molar refractivity (Wildman–Crippen MR) is 97.2 cm³/mol. The Morgan fingerprint density at radius 3 is 1.54 bits per heavy atom. The Hall–Kier alpha value is -0.0100. The Balaban J connectivity index is 2.96. The lowest BCUT2D eigenvalue weighted by Gasteiger charge is -2.22. The van der Waals surface area contributed by atoms with Gasteiger partial charge in [-0.15, -0.1) is 0 Å². The van der Waals surface area contributed by atoms with Gasteiger partial charge in [0.15, 0.2) is 0 Å². The van der Waals surface area contributed by atoms with Gasteiger partial charge in [-0.25, -0.2) is 9.59 Å². The zero-order valence-electron chi connectivity index (χ0n) is 11.4. The molecule has 12 heteroatoms. The molecule has 0 saturated carbocycles. The summed E-state index contributed by atoms with van der Waals surface area (Å²) in [5.74, 6) is 0. The minimum absolute atomic E-state index is 0.0861. The molecule has 0 atom stereocenters. The summed E-state index contributed by atoms with van der Waals surface area (Å²) >= 11 is 38.8. The van der Waals surface area contributed by atoms with E-state index in [1.807, 2.05) is 0 Å². The van der Waals surface area contributed by atoms with Crippen molar-refractivity contribution in [2.24, 2.45) is 0 Å². The smallest absolute Gasteiger partial charge is 0.424 e. The molecule has 1 aromatic carbocycles. The van der Waals surface area contributed by atoms with Crippen LogP contribution < -0.4 is 4.90 Å². The van der Waals surface area contributed by atoms with Gasteiger partial charge in [-0.05, 0) is 24.3 Å². The second kappa shape index (κ2) is 9.08. The molecule has 0 fully saturated rings. The van der Waals surface area contributed by atoms with Crippen molar-refractivity contribution in [2.75, 3.05) is 18.1 Å². The van der Waals surface area contributed by atoms with Crippen LogP contribution >= 0.6 is 81.2 Å². The third-order valence-corrected chi connectivity index (χ3v) is 3.08. The van der Waals surface area contributed by atoms with Crippen LogP contribution in [0.15, 0.2) is 24.3 Å². The predicted octanol–water partition coefficient (Wildman–Crippen LogP) is 6.16. The maximum absolute atomic E-state index is 12.1. The highest BCUT2D eigenvalue weighted by Gasteiger charge is 2.32. The number of imide groups is 1. The van der Waals surface area contributed by atoms with E-state index in [-0.39, 0.29) is 5.69 Å². The highest BCUT2D eigenvalue weighted by molar-refractivity contribution is 6.68. The molecular formula is C12H8Cl7NO4. The van der Waals surface area contributed by atoms with Gasteiger partial charge < -0.3 is 9.47 Å². The molecule has 0 N–H and O–H groups in total. The summed E-state index contributed by atoms with van der Waals surface area (Å²) in [5, 5.41) is 0.378. The number of benzene rings is 1. The average molecular weight is 478 g/mol. The molecule has 0 heterocycles. The third-order valence-electron chi connectivity index (χ3n) is 2.17. The number of anilines is 1. The molecule has 0 unspecified atom stereocenters. The van der Waals surface area contributed by atoms with Crippen LogP contribution in [0.2, 0.25) is 5.02 Å². The summed E-state index contributed by atoms with van der Waals surface area (Å²) in [4.78, 5) is 24.8. The Bertz CT molecular complexity index is 553. The molecule has 134 valence electrons. The number of nitrogens with zero attached hydrogens (tertiary/aromatic N) is 1. The highest BCUT2D eigenvalue weighted by Crippen LogP contribution is 2.28. The van der Waals surface area contributed by atoms with Gasteiger partial charge in [0.2, 0.25) is 7.59 Å². The second-order valence-electron chi connectivity index (χ2n) is 4.15. The summed E-state index contributed by atoms with van der Waals surface area (Å²) in [7, 11) is 0. The van der Waals surface area contributed by atoms with Gasteiger partial charge in [0.25, 0.3) is 0 Å². The number of halogens is 7. The topological polar surface area (TPSA) is 55.8 Å². The maximum atomic E-state index is 12.1. The summed E-state index contributed by atoms with van der Waals surface area (Å²) in [6.45, 7) is -1.20. The van der Waals surface area contributed by atoms with Gasteiger partial charge in [-0.2, -0.15) is 4.90 Å². The zero-order chi connectivity index (χ0) is 18.5. The van der Waals surface area contributed by atoms with Gasteiger partial charge in [-0.1, -0.05) is 81.2 Å². The first-order valence-corrected chi connectivity index (χ1v) is 8.56. The fourth-order valence-corrected chi connectivity index (χ4v) is 1.75. The quantitative estimate of drug-likeness (QED) is 0.489. The van der Waals surface area contributed by atoms with Crippen molar-refractivity contribution in [2.45, 2.75) is 7.59 Å². The normalized spacial score (nSPS) is 11.8. The first-order valence-electron chi connectivity index (χ1n) is 5.92. The van der Waals surface area contributed by atoms with Gasteiger partial charge in [-0.3, -0.25) is 0 Å². The van der Waals surface area contributed by atoms with Crippen molar-refractivity contribution in [1.82, 2.24) is 0 Å². The first kappa shape index (κ1) is 22.0. The molecule has 0 bridgehead atoms. The van der Waals surface area contributed by atoms with E-state index in [9.17, 15) is 9.59 Å². The van der Waals surface area contributed by atoms with Crippen LogP contribution in [0.5, 0.6) is 0 Å². The summed E-state index contributed by atoms with van der Waals surface area (Å²) in [6.07, 6.45) is -2.31. The number of hydrogen-bond donors (Lipinski definition) is 0. The molecule has 0 aromatic heterocycles.